The number of hydrogen-bond acceptors (Lipinski definition) is 5. The summed E-state index contributed by atoms with van der Waals surface area (Å²) in [5.41, 5.74) is 0.113. The molecule has 0 atom stereocenters. The van der Waals surface area contributed by atoms with Gasteiger partial charge in [0.1, 0.15) is 0 Å². The topological polar surface area (TPSA) is 72.8 Å². The van der Waals surface area contributed by atoms with Crippen LogP contribution in [0.2, 0.25) is 0 Å². The van der Waals surface area contributed by atoms with Gasteiger partial charge < -0.3 is 9.84 Å². The van der Waals surface area contributed by atoms with Gasteiger partial charge in [0.2, 0.25) is 0 Å². The maximum Gasteiger partial charge on any atom is 0.296 e. The molecule has 1 aromatic rings. The van der Waals surface area contributed by atoms with Crippen molar-refractivity contribution in [3.05, 3.63) is 29.8 Å². The molecule has 1 saturated heterocycles. The van der Waals surface area contributed by atoms with Gasteiger partial charge in [-0.2, -0.15) is 8.42 Å². The van der Waals surface area contributed by atoms with Crippen LogP contribution in [0.1, 0.15) is 24.8 Å². The summed E-state index contributed by atoms with van der Waals surface area (Å²) in [6, 6.07) is 6.49. The van der Waals surface area contributed by atoms with Gasteiger partial charge in [-0.25, -0.2) is 0 Å². The summed E-state index contributed by atoms with van der Waals surface area (Å²) in [7, 11) is -3.75. The molecule has 1 fully saturated rings. The van der Waals surface area contributed by atoms with Gasteiger partial charge in [-0.3, -0.25) is 4.18 Å². The fraction of sp³-hybridized carbons (Fsp3) is 0.571. The van der Waals surface area contributed by atoms with E-state index in [9.17, 15) is 13.5 Å². The third-order valence-electron chi connectivity index (χ3n) is 3.54. The average Bonchev–Trinajstić information content (AvgIpc) is 2.39. The maximum absolute atomic E-state index is 12.0. The molecule has 2 rings (SSSR count). The summed E-state index contributed by atoms with van der Waals surface area (Å²) in [6.07, 6.45) is 1.32. The maximum atomic E-state index is 12.0. The van der Waals surface area contributed by atoms with Crippen LogP contribution in [0.15, 0.2) is 29.2 Å². The lowest BCUT2D eigenvalue weighted by Gasteiger charge is -2.31. The second-order valence-corrected chi connectivity index (χ2v) is 6.79. The molecule has 1 aromatic carbocycles. The largest absolute Gasteiger partial charge is 0.390 e. The number of ether oxygens (including phenoxy) is 1. The highest BCUT2D eigenvalue weighted by atomic mass is 32.2. The summed E-state index contributed by atoms with van der Waals surface area (Å²) in [4.78, 5) is 0.141. The Balaban J connectivity index is 1.91. The van der Waals surface area contributed by atoms with E-state index in [1.54, 1.807) is 12.1 Å². The van der Waals surface area contributed by atoms with Crippen LogP contribution in [0, 0.1) is 6.92 Å². The third-order valence-corrected chi connectivity index (χ3v) is 4.87. The number of aliphatic hydroxyl groups is 1. The van der Waals surface area contributed by atoms with Crippen molar-refractivity contribution >= 4 is 10.1 Å². The van der Waals surface area contributed by atoms with Gasteiger partial charge >= 0.3 is 0 Å². The van der Waals surface area contributed by atoms with E-state index in [0.717, 1.165) is 5.56 Å². The van der Waals surface area contributed by atoms with Crippen LogP contribution >= 0.6 is 0 Å². The molecule has 0 spiro atoms. The van der Waals surface area contributed by atoms with Crippen molar-refractivity contribution in [2.24, 2.45) is 0 Å². The van der Waals surface area contributed by atoms with E-state index in [1.165, 1.54) is 12.1 Å². The van der Waals surface area contributed by atoms with Gasteiger partial charge in [-0.1, -0.05) is 17.7 Å². The molecule has 1 aliphatic rings. The zero-order valence-corrected chi connectivity index (χ0v) is 12.4. The molecule has 0 unspecified atom stereocenters. The Morgan fingerprint density at radius 2 is 1.85 bits per heavy atom. The number of aryl methyl sites for hydroxylation is 1. The first kappa shape index (κ1) is 15.4. The predicted molar refractivity (Wildman–Crippen MR) is 73.9 cm³/mol. The van der Waals surface area contributed by atoms with Gasteiger partial charge in [-0.05, 0) is 31.9 Å². The second kappa shape index (κ2) is 6.22. The SMILES string of the molecule is Cc1ccc(S(=O)(=O)OCCC2(O)CCOCC2)cc1. The molecule has 0 saturated carbocycles. The van der Waals surface area contributed by atoms with E-state index in [-0.39, 0.29) is 11.5 Å². The highest BCUT2D eigenvalue weighted by Gasteiger charge is 2.30. The van der Waals surface area contributed by atoms with Crippen molar-refractivity contribution in [1.82, 2.24) is 0 Å². The Labute approximate surface area is 119 Å². The van der Waals surface area contributed by atoms with Crippen LogP contribution in [-0.4, -0.2) is 38.9 Å². The molecule has 0 radical (unpaired) electrons. The second-order valence-electron chi connectivity index (χ2n) is 5.18. The van der Waals surface area contributed by atoms with Crippen molar-refractivity contribution in [3.8, 4) is 0 Å². The molecular weight excluding hydrogens is 280 g/mol. The van der Waals surface area contributed by atoms with Gasteiger partial charge in [-0.15, -0.1) is 0 Å². The van der Waals surface area contributed by atoms with Gasteiger partial charge in [0.25, 0.3) is 10.1 Å². The lowest BCUT2D eigenvalue weighted by Crippen LogP contribution is -2.37. The number of hydrogen-bond donors (Lipinski definition) is 1. The summed E-state index contributed by atoms with van der Waals surface area (Å²) in [6.45, 7) is 2.87. The minimum atomic E-state index is -3.75. The normalized spacial score (nSPS) is 18.9. The molecule has 1 heterocycles. The smallest absolute Gasteiger partial charge is 0.296 e. The Hall–Kier alpha value is -0.950. The predicted octanol–water partition coefficient (Wildman–Crippen LogP) is 1.63. The van der Waals surface area contributed by atoms with E-state index in [1.807, 2.05) is 6.92 Å². The molecule has 0 amide bonds. The van der Waals surface area contributed by atoms with Crippen LogP contribution < -0.4 is 0 Å². The standard InChI is InChI=1S/C14H20O5S/c1-12-2-4-13(5-3-12)20(16,17)19-11-8-14(15)6-9-18-10-7-14/h2-5,15H,6-11H2,1H3. The van der Waals surface area contributed by atoms with Crippen LogP contribution in [0.5, 0.6) is 0 Å². The molecule has 6 heteroatoms. The Kier molecular flexibility index (Phi) is 4.80. The third kappa shape index (κ3) is 4.02. The number of benzene rings is 1. The number of rotatable bonds is 5. The van der Waals surface area contributed by atoms with Crippen molar-refractivity contribution in [2.75, 3.05) is 19.8 Å². The highest BCUT2D eigenvalue weighted by molar-refractivity contribution is 7.86. The van der Waals surface area contributed by atoms with Crippen LogP contribution in [0.4, 0.5) is 0 Å². The molecule has 0 bridgehead atoms. The first-order chi connectivity index (χ1) is 9.41. The van der Waals surface area contributed by atoms with E-state index >= 15 is 0 Å². The summed E-state index contributed by atoms with van der Waals surface area (Å²) in [5.74, 6) is 0. The van der Waals surface area contributed by atoms with Crippen molar-refractivity contribution < 1.29 is 22.4 Å². The van der Waals surface area contributed by atoms with Crippen LogP contribution in [0.3, 0.4) is 0 Å². The zero-order valence-electron chi connectivity index (χ0n) is 11.5. The molecule has 112 valence electrons. The first-order valence-electron chi connectivity index (χ1n) is 6.68. The Bertz CT molecular complexity index is 529. The quantitative estimate of drug-likeness (QED) is 0.837. The lowest BCUT2D eigenvalue weighted by molar-refractivity contribution is -0.0726. The van der Waals surface area contributed by atoms with E-state index in [4.69, 9.17) is 8.92 Å². The van der Waals surface area contributed by atoms with Gasteiger partial charge in [0.15, 0.2) is 0 Å². The van der Waals surface area contributed by atoms with Crippen LogP contribution in [-0.2, 0) is 19.0 Å². The van der Waals surface area contributed by atoms with E-state index < -0.39 is 15.7 Å². The first-order valence-corrected chi connectivity index (χ1v) is 8.08. The average molecular weight is 300 g/mol. The van der Waals surface area contributed by atoms with Gasteiger partial charge in [0.05, 0.1) is 17.1 Å². The molecular formula is C14H20O5S. The Morgan fingerprint density at radius 1 is 1.25 bits per heavy atom. The van der Waals surface area contributed by atoms with Crippen molar-refractivity contribution in [2.45, 2.75) is 36.7 Å². The lowest BCUT2D eigenvalue weighted by atomic mass is 9.91. The molecule has 0 aromatic heterocycles. The molecule has 1 N–H and O–H groups in total. The molecule has 20 heavy (non-hydrogen) atoms. The zero-order chi connectivity index (χ0) is 14.6. The molecule has 1 aliphatic heterocycles. The summed E-state index contributed by atoms with van der Waals surface area (Å²) >= 11 is 0. The van der Waals surface area contributed by atoms with Crippen molar-refractivity contribution in [1.29, 1.82) is 0 Å². The summed E-state index contributed by atoms with van der Waals surface area (Å²) < 4.78 is 34.1. The van der Waals surface area contributed by atoms with Crippen molar-refractivity contribution in [3.63, 3.8) is 0 Å². The molecule has 0 aliphatic carbocycles. The van der Waals surface area contributed by atoms with E-state index in [0.29, 0.717) is 32.5 Å². The minimum Gasteiger partial charge on any atom is -0.390 e. The minimum absolute atomic E-state index is 0.0211. The fourth-order valence-corrected chi connectivity index (χ4v) is 3.02. The van der Waals surface area contributed by atoms with Crippen LogP contribution in [0.25, 0.3) is 0 Å². The summed E-state index contributed by atoms with van der Waals surface area (Å²) in [5, 5.41) is 10.2. The monoisotopic (exact) mass is 300 g/mol. The highest BCUT2D eigenvalue weighted by Crippen LogP contribution is 2.25. The molecule has 5 nitrogen and oxygen atoms in total. The van der Waals surface area contributed by atoms with Gasteiger partial charge in [0, 0.05) is 19.6 Å². The van der Waals surface area contributed by atoms with E-state index in [2.05, 4.69) is 0 Å². The Morgan fingerprint density at radius 3 is 2.45 bits per heavy atom. The fourth-order valence-electron chi connectivity index (χ4n) is 2.12.